The lowest BCUT2D eigenvalue weighted by Gasteiger charge is -2.19. The molecule has 1 aliphatic heterocycles. The third-order valence-electron chi connectivity index (χ3n) is 3.74. The van der Waals surface area contributed by atoms with Crippen LogP contribution in [0.3, 0.4) is 0 Å². The number of imide groups is 1. The first kappa shape index (κ1) is 19.9. The minimum absolute atomic E-state index is 0.0729. The van der Waals surface area contributed by atoms with Crippen molar-refractivity contribution in [1.82, 2.24) is 15.0 Å². The van der Waals surface area contributed by atoms with Crippen molar-refractivity contribution in [3.05, 3.63) is 52.8 Å². The van der Waals surface area contributed by atoms with Gasteiger partial charge in [0.1, 0.15) is 11.2 Å². The zero-order chi connectivity index (χ0) is 21.3. The average Bonchev–Trinajstić information content (AvgIpc) is 2.85. The van der Waals surface area contributed by atoms with Crippen molar-refractivity contribution in [3.63, 3.8) is 0 Å². The predicted molar refractivity (Wildman–Crippen MR) is 99.0 cm³/mol. The molecule has 1 aliphatic rings. The minimum Gasteiger partial charge on any atom is -0.444 e. The first-order valence-corrected chi connectivity index (χ1v) is 8.60. The lowest BCUT2D eigenvalue weighted by atomic mass is 10.1. The van der Waals surface area contributed by atoms with Crippen molar-refractivity contribution in [2.45, 2.75) is 33.3 Å². The average molecular weight is 398 g/mol. The van der Waals surface area contributed by atoms with Crippen LogP contribution in [-0.2, 0) is 9.57 Å². The molecule has 150 valence electrons. The number of fused-ring (bicyclic) bond motifs is 1. The van der Waals surface area contributed by atoms with Crippen molar-refractivity contribution >= 4 is 29.8 Å². The van der Waals surface area contributed by atoms with Gasteiger partial charge in [0.2, 0.25) is 5.95 Å². The number of amides is 3. The van der Waals surface area contributed by atoms with Gasteiger partial charge in [0.05, 0.1) is 16.8 Å². The van der Waals surface area contributed by atoms with E-state index in [0.29, 0.717) is 5.06 Å². The Kier molecular flexibility index (Phi) is 5.02. The maximum Gasteiger partial charge on any atom is 0.414 e. The number of hydrogen-bond acceptors (Lipinski definition) is 8. The Morgan fingerprint density at radius 2 is 1.66 bits per heavy atom. The molecule has 10 heteroatoms. The normalized spacial score (nSPS) is 13.2. The van der Waals surface area contributed by atoms with Crippen LogP contribution < -0.4 is 5.32 Å². The van der Waals surface area contributed by atoms with Gasteiger partial charge in [-0.1, -0.05) is 17.2 Å². The minimum atomic E-state index is -0.985. The van der Waals surface area contributed by atoms with Gasteiger partial charge >= 0.3 is 12.1 Å². The summed E-state index contributed by atoms with van der Waals surface area (Å²) in [5, 5.41) is 2.75. The monoisotopic (exact) mass is 398 g/mol. The van der Waals surface area contributed by atoms with Gasteiger partial charge in [0.15, 0.2) is 0 Å². The van der Waals surface area contributed by atoms with Crippen LogP contribution in [0, 0.1) is 6.92 Å². The van der Waals surface area contributed by atoms with Crippen LogP contribution in [0.25, 0.3) is 0 Å². The predicted octanol–water partition coefficient (Wildman–Crippen LogP) is 2.50. The van der Waals surface area contributed by atoms with Crippen molar-refractivity contribution < 1.29 is 28.8 Å². The van der Waals surface area contributed by atoms with Gasteiger partial charge in [-0.2, -0.15) is 0 Å². The van der Waals surface area contributed by atoms with E-state index in [1.165, 1.54) is 19.1 Å². The third kappa shape index (κ3) is 4.21. The molecule has 0 saturated heterocycles. The number of carbonyl (C=O) groups excluding carboxylic acids is 4. The lowest BCUT2D eigenvalue weighted by Crippen LogP contribution is -2.33. The van der Waals surface area contributed by atoms with E-state index in [-0.39, 0.29) is 28.3 Å². The summed E-state index contributed by atoms with van der Waals surface area (Å²) >= 11 is 0. The van der Waals surface area contributed by atoms with E-state index < -0.39 is 29.5 Å². The maximum absolute atomic E-state index is 12.4. The van der Waals surface area contributed by atoms with Crippen molar-refractivity contribution in [3.8, 4) is 0 Å². The second-order valence-electron chi connectivity index (χ2n) is 7.15. The summed E-state index contributed by atoms with van der Waals surface area (Å²) in [5.74, 6) is -2.53. The number of nitrogens with zero attached hydrogens (tertiary/aromatic N) is 3. The van der Waals surface area contributed by atoms with Crippen LogP contribution in [-0.4, -0.2) is 44.5 Å². The molecule has 1 aromatic carbocycles. The zero-order valence-electron chi connectivity index (χ0n) is 16.2. The van der Waals surface area contributed by atoms with E-state index in [1.54, 1.807) is 32.9 Å². The molecule has 0 radical (unpaired) electrons. The largest absolute Gasteiger partial charge is 0.444 e. The number of carbonyl (C=O) groups is 4. The summed E-state index contributed by atoms with van der Waals surface area (Å²) < 4.78 is 5.10. The third-order valence-corrected chi connectivity index (χ3v) is 3.74. The topological polar surface area (TPSA) is 128 Å². The molecule has 3 amide bonds. The van der Waals surface area contributed by atoms with E-state index in [1.807, 2.05) is 0 Å². The molecule has 2 aromatic rings. The van der Waals surface area contributed by atoms with Crippen LogP contribution in [0.4, 0.5) is 10.7 Å². The molecule has 0 aliphatic carbocycles. The Hall–Kier alpha value is -3.82. The van der Waals surface area contributed by atoms with Crippen LogP contribution in [0.5, 0.6) is 0 Å². The molecule has 29 heavy (non-hydrogen) atoms. The first-order valence-electron chi connectivity index (χ1n) is 8.60. The highest BCUT2D eigenvalue weighted by Crippen LogP contribution is 2.23. The van der Waals surface area contributed by atoms with Gasteiger partial charge in [-0.15, -0.1) is 0 Å². The second kappa shape index (κ2) is 7.30. The number of ether oxygens (including phenoxy) is 1. The van der Waals surface area contributed by atoms with E-state index >= 15 is 0 Å². The summed E-state index contributed by atoms with van der Waals surface area (Å²) in [5.41, 5.74) is -0.302. The molecule has 0 unspecified atom stereocenters. The molecule has 2 heterocycles. The van der Waals surface area contributed by atoms with Gasteiger partial charge in [0, 0.05) is 6.20 Å². The maximum atomic E-state index is 12.4. The van der Waals surface area contributed by atoms with Crippen molar-refractivity contribution in [2.24, 2.45) is 0 Å². The molecule has 1 aromatic heterocycles. The number of hydroxylamine groups is 2. The second-order valence-corrected chi connectivity index (χ2v) is 7.15. The van der Waals surface area contributed by atoms with E-state index in [2.05, 4.69) is 15.3 Å². The zero-order valence-corrected chi connectivity index (χ0v) is 16.2. The number of benzene rings is 1. The van der Waals surface area contributed by atoms with E-state index in [0.717, 1.165) is 6.20 Å². The number of hydrogen-bond donors (Lipinski definition) is 1. The van der Waals surface area contributed by atoms with E-state index in [9.17, 15) is 19.2 Å². The van der Waals surface area contributed by atoms with Gasteiger partial charge in [-0.3, -0.25) is 14.9 Å². The van der Waals surface area contributed by atoms with Crippen LogP contribution in [0.15, 0.2) is 30.5 Å². The number of rotatable bonds is 3. The molecular formula is C19H18N4O6. The van der Waals surface area contributed by atoms with Crippen LogP contribution >= 0.6 is 0 Å². The van der Waals surface area contributed by atoms with Crippen molar-refractivity contribution in [2.75, 3.05) is 5.32 Å². The Balaban J connectivity index is 1.72. The van der Waals surface area contributed by atoms with Gasteiger partial charge in [0.25, 0.3) is 11.8 Å². The summed E-state index contributed by atoms with van der Waals surface area (Å²) in [4.78, 5) is 61.6. The Bertz CT molecular complexity index is 993. The summed E-state index contributed by atoms with van der Waals surface area (Å²) in [6, 6.07) is 6.14. The molecule has 3 rings (SSSR count). The Morgan fingerprint density at radius 3 is 2.17 bits per heavy atom. The highest BCUT2D eigenvalue weighted by molar-refractivity contribution is 6.21. The molecule has 0 saturated carbocycles. The SMILES string of the molecule is Cc1nc(NC(=O)OC(C)(C)C)ncc1C(=O)ON1C(=O)c2ccccc2C1=O. The Morgan fingerprint density at radius 1 is 1.07 bits per heavy atom. The van der Waals surface area contributed by atoms with Crippen LogP contribution in [0.2, 0.25) is 0 Å². The highest BCUT2D eigenvalue weighted by atomic mass is 16.7. The van der Waals surface area contributed by atoms with Gasteiger partial charge < -0.3 is 9.57 Å². The van der Waals surface area contributed by atoms with Crippen molar-refractivity contribution in [1.29, 1.82) is 0 Å². The highest BCUT2D eigenvalue weighted by Gasteiger charge is 2.39. The van der Waals surface area contributed by atoms with Crippen LogP contribution in [0.1, 0.15) is 57.5 Å². The molecule has 0 bridgehead atoms. The van der Waals surface area contributed by atoms with Gasteiger partial charge in [-0.05, 0) is 39.8 Å². The number of nitrogens with one attached hydrogen (secondary N) is 1. The molecule has 0 atom stereocenters. The summed E-state index contributed by atoms with van der Waals surface area (Å²) in [7, 11) is 0. The standard InChI is InChI=1S/C19H18N4O6/c1-10-13(9-20-17(21-10)22-18(27)28-19(2,3)4)16(26)29-23-14(24)11-7-5-6-8-12(11)15(23)25/h5-9H,1-4H3,(H,20,21,22,27). The first-order chi connectivity index (χ1) is 13.6. The summed E-state index contributed by atoms with van der Waals surface area (Å²) in [6.45, 7) is 6.60. The fourth-order valence-electron chi connectivity index (χ4n) is 2.50. The molecule has 0 fully saturated rings. The fraction of sp³-hybridized carbons (Fsp3) is 0.263. The molecule has 1 N–H and O–H groups in total. The summed E-state index contributed by atoms with van der Waals surface area (Å²) in [6.07, 6.45) is 0.369. The molecular weight excluding hydrogens is 380 g/mol. The van der Waals surface area contributed by atoms with E-state index in [4.69, 9.17) is 9.57 Å². The number of aryl methyl sites for hydroxylation is 1. The number of anilines is 1. The van der Waals surface area contributed by atoms with Gasteiger partial charge in [-0.25, -0.2) is 19.6 Å². The smallest absolute Gasteiger partial charge is 0.414 e. The molecule has 10 nitrogen and oxygen atoms in total. The number of aromatic nitrogens is 2. The Labute approximate surface area is 165 Å². The quantitative estimate of drug-likeness (QED) is 0.781. The molecule has 0 spiro atoms. The lowest BCUT2D eigenvalue weighted by molar-refractivity contribution is -0.0585. The fourth-order valence-corrected chi connectivity index (χ4v) is 2.50.